The van der Waals surface area contributed by atoms with E-state index in [9.17, 15) is 0 Å². The minimum Gasteiger partial charge on any atom is -0.108 e. The quantitative estimate of drug-likeness (QED) is 0.377. The average molecular weight is 82.1 g/mol. The maximum absolute atomic E-state index is 2.82. The van der Waals surface area contributed by atoms with E-state index < -0.39 is 0 Å². The molecule has 0 fully saturated rings. The lowest BCUT2D eigenvalue weighted by Crippen LogP contribution is -1.48. The molecular formula is C4H2S. The van der Waals surface area contributed by atoms with Crippen molar-refractivity contribution in [3.8, 4) is 17.0 Å². The Morgan fingerprint density at radius 1 is 1.60 bits per heavy atom. The summed E-state index contributed by atoms with van der Waals surface area (Å²) < 4.78 is 0. The summed E-state index contributed by atoms with van der Waals surface area (Å²) in [4.78, 5) is 0. The van der Waals surface area contributed by atoms with E-state index in [1.165, 1.54) is 0 Å². The first-order valence-electron chi connectivity index (χ1n) is 1.35. The molecule has 1 rings (SSSR count). The molecule has 0 aliphatic carbocycles. The van der Waals surface area contributed by atoms with Crippen LogP contribution in [0, 0.1) is 17.0 Å². The van der Waals surface area contributed by atoms with Crippen LogP contribution in [-0.2, 0) is 0 Å². The van der Waals surface area contributed by atoms with Gasteiger partial charge in [0.2, 0.25) is 0 Å². The topological polar surface area (TPSA) is 0 Å². The second-order valence-electron chi connectivity index (χ2n) is 0.693. The first kappa shape index (κ1) is 2.78. The van der Waals surface area contributed by atoms with Crippen molar-refractivity contribution < 1.29 is 0 Å². The van der Waals surface area contributed by atoms with Crippen molar-refractivity contribution in [2.45, 2.75) is 0 Å². The van der Waals surface area contributed by atoms with Crippen molar-refractivity contribution in [2.75, 3.05) is 5.75 Å². The van der Waals surface area contributed by atoms with Crippen molar-refractivity contribution >= 4 is 11.2 Å². The third kappa shape index (κ3) is 0.417. The highest BCUT2D eigenvalue weighted by atomic mass is 32.1. The summed E-state index contributed by atoms with van der Waals surface area (Å²) >= 11 is 1.60. The average Bonchev–Trinajstić information content (AvgIpc) is 1.76. The third-order valence-electron chi connectivity index (χ3n) is 0.356. The highest BCUT2D eigenvalue weighted by Gasteiger charge is 1.67. The Morgan fingerprint density at radius 2 is 2.60 bits per heavy atom. The van der Waals surface area contributed by atoms with Gasteiger partial charge in [0.05, 0.1) is 5.75 Å². The molecule has 1 aliphatic heterocycles. The van der Waals surface area contributed by atoms with E-state index in [1.54, 1.807) is 11.2 Å². The van der Waals surface area contributed by atoms with Crippen LogP contribution in [0.3, 0.4) is 0 Å². The summed E-state index contributed by atoms with van der Waals surface area (Å²) in [6, 6.07) is 0. The van der Waals surface area contributed by atoms with Crippen LogP contribution < -0.4 is 0 Å². The van der Waals surface area contributed by atoms with Gasteiger partial charge >= 0.3 is 0 Å². The molecule has 0 amide bonds. The van der Waals surface area contributed by atoms with E-state index in [2.05, 4.69) is 17.0 Å². The number of hydrogen-bond acceptors (Lipinski definition) is 0. The van der Waals surface area contributed by atoms with Gasteiger partial charge in [0.1, 0.15) is 0 Å². The van der Waals surface area contributed by atoms with E-state index in [-0.39, 0.29) is 0 Å². The Balaban J connectivity index is 2.94. The zero-order valence-electron chi connectivity index (χ0n) is 2.62. The van der Waals surface area contributed by atoms with Gasteiger partial charge in [-0.2, -0.15) is 0 Å². The highest BCUT2D eigenvalue weighted by Crippen LogP contribution is 1.81. The fourth-order valence-corrected chi connectivity index (χ4v) is 0.541. The van der Waals surface area contributed by atoms with Crippen molar-refractivity contribution in [1.82, 2.24) is 0 Å². The molecule has 0 spiro atoms. The van der Waals surface area contributed by atoms with Crippen LogP contribution >= 0.6 is 11.2 Å². The second-order valence-corrected chi connectivity index (χ2v) is 1.47. The fraction of sp³-hybridized carbons (Fsp3) is 0.250. The molecule has 24 valence electrons. The maximum Gasteiger partial charge on any atom is 0.0810 e. The van der Waals surface area contributed by atoms with E-state index in [0.717, 1.165) is 5.75 Å². The van der Waals surface area contributed by atoms with Gasteiger partial charge in [-0.15, -0.1) is 11.2 Å². The predicted molar refractivity (Wildman–Crippen MR) is 24.1 cm³/mol. The van der Waals surface area contributed by atoms with Crippen LogP contribution in [0.4, 0.5) is 0 Å². The van der Waals surface area contributed by atoms with Crippen LogP contribution in [0.5, 0.6) is 0 Å². The molecule has 1 heteroatoms. The number of rotatable bonds is 0. The van der Waals surface area contributed by atoms with Crippen molar-refractivity contribution in [1.29, 1.82) is 0 Å². The SMILES string of the molecule is C1#CCS#C1. The minimum absolute atomic E-state index is 0.944. The Morgan fingerprint density at radius 3 is 2.80 bits per heavy atom. The van der Waals surface area contributed by atoms with E-state index in [1.807, 2.05) is 0 Å². The Bertz CT molecular complexity index is 119. The highest BCUT2D eigenvalue weighted by molar-refractivity contribution is 7.89. The molecule has 0 aromatic heterocycles. The molecule has 0 N–H and O–H groups in total. The van der Waals surface area contributed by atoms with Gasteiger partial charge in [0.25, 0.3) is 0 Å². The van der Waals surface area contributed by atoms with Gasteiger partial charge in [-0.3, -0.25) is 0 Å². The molecule has 0 bridgehead atoms. The summed E-state index contributed by atoms with van der Waals surface area (Å²) in [5, 5.41) is 2.78. The van der Waals surface area contributed by atoms with Gasteiger partial charge in [-0.05, 0) is 11.1 Å². The summed E-state index contributed by atoms with van der Waals surface area (Å²) in [7, 11) is 0. The first-order chi connectivity index (χ1) is 2.50. The molecule has 1 aliphatic rings. The zero-order valence-corrected chi connectivity index (χ0v) is 3.43. The largest absolute Gasteiger partial charge is 0.108 e. The van der Waals surface area contributed by atoms with E-state index in [4.69, 9.17) is 0 Å². The molecule has 0 saturated heterocycles. The Labute approximate surface area is 34.8 Å². The summed E-state index contributed by atoms with van der Waals surface area (Å²) in [5.41, 5.74) is 0. The van der Waals surface area contributed by atoms with Crippen molar-refractivity contribution in [2.24, 2.45) is 0 Å². The Hall–Kier alpha value is -0.440. The molecule has 0 atom stereocenters. The molecule has 0 aromatic carbocycles. The molecule has 1 heterocycles. The Kier molecular flexibility index (Phi) is 0.624. The number of hydrogen-bond donors (Lipinski definition) is 0. The predicted octanol–water partition coefficient (Wildman–Crippen LogP) is 0.696. The van der Waals surface area contributed by atoms with Gasteiger partial charge in [-0.1, -0.05) is 5.92 Å². The monoisotopic (exact) mass is 82.0 g/mol. The molecule has 5 heavy (non-hydrogen) atoms. The lowest BCUT2D eigenvalue weighted by Gasteiger charge is -1.49. The fourth-order valence-electron chi connectivity index (χ4n) is 0.180. The zero-order chi connectivity index (χ0) is 3.54. The molecule has 0 aromatic rings. The van der Waals surface area contributed by atoms with E-state index >= 15 is 0 Å². The maximum atomic E-state index is 2.82. The van der Waals surface area contributed by atoms with Crippen LogP contribution in [0.1, 0.15) is 0 Å². The first-order valence-corrected chi connectivity index (χ1v) is 2.33. The van der Waals surface area contributed by atoms with Gasteiger partial charge < -0.3 is 0 Å². The minimum atomic E-state index is 0.944. The summed E-state index contributed by atoms with van der Waals surface area (Å²) in [5.74, 6) is 6.45. The van der Waals surface area contributed by atoms with Gasteiger partial charge in [0, 0.05) is 0 Å². The summed E-state index contributed by atoms with van der Waals surface area (Å²) in [6.07, 6.45) is 0. The van der Waals surface area contributed by atoms with Crippen LogP contribution in [-0.4, -0.2) is 5.75 Å². The molecular weight excluding hydrogens is 80.1 g/mol. The smallest absolute Gasteiger partial charge is 0.0810 e. The molecule has 0 radical (unpaired) electrons. The molecule has 0 saturated carbocycles. The van der Waals surface area contributed by atoms with E-state index in [0.29, 0.717) is 0 Å². The normalized spacial score (nSPS) is 12.8. The van der Waals surface area contributed by atoms with Crippen molar-refractivity contribution in [3.05, 3.63) is 0 Å². The van der Waals surface area contributed by atoms with Crippen LogP contribution in [0.15, 0.2) is 0 Å². The molecule has 0 nitrogen and oxygen atoms in total. The lowest BCUT2D eigenvalue weighted by atomic mass is 10.7. The van der Waals surface area contributed by atoms with Crippen LogP contribution in [0.2, 0.25) is 0 Å². The van der Waals surface area contributed by atoms with Crippen molar-refractivity contribution in [3.63, 3.8) is 0 Å². The van der Waals surface area contributed by atoms with Gasteiger partial charge in [0.15, 0.2) is 0 Å². The lowest BCUT2D eigenvalue weighted by molar-refractivity contribution is 1.99. The molecule has 0 unspecified atom stereocenters. The summed E-state index contributed by atoms with van der Waals surface area (Å²) in [6.45, 7) is 0. The van der Waals surface area contributed by atoms with Crippen LogP contribution in [0.25, 0.3) is 0 Å². The standard InChI is InChI=1S/C4H2S/c1-2-4-5-3-1/h3H2. The van der Waals surface area contributed by atoms with Gasteiger partial charge in [-0.25, -0.2) is 0 Å². The third-order valence-corrected chi connectivity index (χ3v) is 0.891. The second kappa shape index (κ2) is 1.12.